The van der Waals surface area contributed by atoms with Crippen molar-refractivity contribution >= 4 is 11.8 Å². The van der Waals surface area contributed by atoms with Crippen LogP contribution in [-0.4, -0.2) is 40.1 Å². The first-order chi connectivity index (χ1) is 12.1. The fraction of sp³-hybridized carbons (Fsp3) is 0.389. The van der Waals surface area contributed by atoms with Crippen LogP contribution in [0.5, 0.6) is 0 Å². The molecule has 7 heteroatoms. The number of carbonyl (C=O) groups excluding carboxylic acids is 1. The van der Waals surface area contributed by atoms with Crippen molar-refractivity contribution in [1.82, 2.24) is 19.8 Å². The maximum absolute atomic E-state index is 12.4. The standard InChI is InChI=1S/C18H23N5O2/c1-22-12-9-19-16(17(22)24)21-18(25)20-15(13-23-10-5-6-11-23)14-7-3-2-4-8-14/h2-4,7-9,12,15H,5-6,10-11,13H2,1H3,(H2,19,20,21,25)/t15-/m0/s1. The van der Waals surface area contributed by atoms with Crippen LogP contribution in [0.4, 0.5) is 10.6 Å². The van der Waals surface area contributed by atoms with E-state index in [-0.39, 0.29) is 17.4 Å². The summed E-state index contributed by atoms with van der Waals surface area (Å²) >= 11 is 0. The molecule has 1 aromatic carbocycles. The zero-order chi connectivity index (χ0) is 17.6. The molecule has 0 unspecified atom stereocenters. The Morgan fingerprint density at radius 3 is 2.68 bits per heavy atom. The second-order valence-corrected chi connectivity index (χ2v) is 6.26. The van der Waals surface area contributed by atoms with E-state index in [1.807, 2.05) is 30.3 Å². The second kappa shape index (κ2) is 7.94. The Morgan fingerprint density at radius 1 is 1.24 bits per heavy atom. The number of aryl methyl sites for hydroxylation is 1. The number of benzene rings is 1. The Labute approximate surface area is 146 Å². The fourth-order valence-corrected chi connectivity index (χ4v) is 3.03. The van der Waals surface area contributed by atoms with Crippen molar-refractivity contribution in [3.63, 3.8) is 0 Å². The lowest BCUT2D eigenvalue weighted by atomic mass is 10.1. The van der Waals surface area contributed by atoms with Gasteiger partial charge in [0, 0.05) is 26.0 Å². The maximum Gasteiger partial charge on any atom is 0.321 e. The SMILES string of the molecule is Cn1ccnc(NC(=O)N[C@@H](CN2CCCC2)c2ccccc2)c1=O. The van der Waals surface area contributed by atoms with Gasteiger partial charge in [-0.1, -0.05) is 30.3 Å². The first-order valence-corrected chi connectivity index (χ1v) is 8.50. The summed E-state index contributed by atoms with van der Waals surface area (Å²) < 4.78 is 1.38. The second-order valence-electron chi connectivity index (χ2n) is 6.26. The third kappa shape index (κ3) is 4.45. The summed E-state index contributed by atoms with van der Waals surface area (Å²) in [5, 5.41) is 5.54. The summed E-state index contributed by atoms with van der Waals surface area (Å²) in [6, 6.07) is 9.30. The predicted molar refractivity (Wildman–Crippen MR) is 96.5 cm³/mol. The molecule has 2 amide bonds. The van der Waals surface area contributed by atoms with E-state index in [0.29, 0.717) is 0 Å². The van der Waals surface area contributed by atoms with Gasteiger partial charge in [-0.3, -0.25) is 10.1 Å². The van der Waals surface area contributed by atoms with Gasteiger partial charge in [0.05, 0.1) is 6.04 Å². The molecule has 2 N–H and O–H groups in total. The largest absolute Gasteiger partial charge is 0.330 e. The zero-order valence-electron chi connectivity index (χ0n) is 14.3. The number of hydrogen-bond acceptors (Lipinski definition) is 4. The van der Waals surface area contributed by atoms with Crippen molar-refractivity contribution in [2.24, 2.45) is 7.05 Å². The number of likely N-dealkylation sites (tertiary alicyclic amines) is 1. The topological polar surface area (TPSA) is 79.3 Å². The highest BCUT2D eigenvalue weighted by atomic mass is 16.2. The maximum atomic E-state index is 12.4. The first-order valence-electron chi connectivity index (χ1n) is 8.50. The highest BCUT2D eigenvalue weighted by Crippen LogP contribution is 2.17. The van der Waals surface area contributed by atoms with Crippen molar-refractivity contribution in [3.05, 3.63) is 58.6 Å². The molecular formula is C18H23N5O2. The van der Waals surface area contributed by atoms with Crippen LogP contribution in [0.1, 0.15) is 24.4 Å². The normalized spacial score (nSPS) is 15.7. The van der Waals surface area contributed by atoms with Gasteiger partial charge in [-0.15, -0.1) is 0 Å². The van der Waals surface area contributed by atoms with E-state index in [0.717, 1.165) is 25.2 Å². The van der Waals surface area contributed by atoms with E-state index in [4.69, 9.17) is 0 Å². The zero-order valence-corrected chi connectivity index (χ0v) is 14.3. The predicted octanol–water partition coefficient (Wildman–Crippen LogP) is 1.74. The molecule has 1 fully saturated rings. The minimum atomic E-state index is -0.427. The summed E-state index contributed by atoms with van der Waals surface area (Å²) in [7, 11) is 1.62. The van der Waals surface area contributed by atoms with Crippen LogP contribution in [0.2, 0.25) is 0 Å². The number of nitrogens with one attached hydrogen (secondary N) is 2. The van der Waals surface area contributed by atoms with E-state index in [1.165, 1.54) is 23.6 Å². The highest BCUT2D eigenvalue weighted by molar-refractivity contribution is 5.88. The lowest BCUT2D eigenvalue weighted by molar-refractivity contribution is 0.240. The van der Waals surface area contributed by atoms with Gasteiger partial charge in [-0.05, 0) is 31.5 Å². The van der Waals surface area contributed by atoms with Crippen LogP contribution in [0.3, 0.4) is 0 Å². The highest BCUT2D eigenvalue weighted by Gasteiger charge is 2.21. The number of urea groups is 1. The number of hydrogen-bond donors (Lipinski definition) is 2. The quantitative estimate of drug-likeness (QED) is 0.868. The van der Waals surface area contributed by atoms with Gasteiger partial charge in [-0.2, -0.15) is 0 Å². The average molecular weight is 341 g/mol. The molecule has 0 saturated carbocycles. The van der Waals surface area contributed by atoms with E-state index >= 15 is 0 Å². The van der Waals surface area contributed by atoms with Gasteiger partial charge in [0.25, 0.3) is 5.56 Å². The molecule has 25 heavy (non-hydrogen) atoms. The molecule has 2 aromatic rings. The molecule has 1 atom stereocenters. The Hall–Kier alpha value is -2.67. The van der Waals surface area contributed by atoms with Gasteiger partial charge in [0.2, 0.25) is 5.82 Å². The lowest BCUT2D eigenvalue weighted by Crippen LogP contribution is -2.40. The molecule has 3 rings (SSSR count). The van der Waals surface area contributed by atoms with Crippen LogP contribution in [0.15, 0.2) is 47.5 Å². The monoisotopic (exact) mass is 341 g/mol. The van der Waals surface area contributed by atoms with Gasteiger partial charge in [0.15, 0.2) is 0 Å². The third-order valence-corrected chi connectivity index (χ3v) is 4.40. The van der Waals surface area contributed by atoms with Crippen molar-refractivity contribution in [2.45, 2.75) is 18.9 Å². The van der Waals surface area contributed by atoms with E-state index < -0.39 is 6.03 Å². The van der Waals surface area contributed by atoms with Crippen LogP contribution in [-0.2, 0) is 7.05 Å². The van der Waals surface area contributed by atoms with Crippen LogP contribution >= 0.6 is 0 Å². The fourth-order valence-electron chi connectivity index (χ4n) is 3.03. The van der Waals surface area contributed by atoms with Crippen molar-refractivity contribution in [2.75, 3.05) is 25.0 Å². The lowest BCUT2D eigenvalue weighted by Gasteiger charge is -2.25. The van der Waals surface area contributed by atoms with E-state index in [9.17, 15) is 9.59 Å². The molecule has 2 heterocycles. The van der Waals surface area contributed by atoms with E-state index in [2.05, 4.69) is 20.5 Å². The molecule has 7 nitrogen and oxygen atoms in total. The van der Waals surface area contributed by atoms with Gasteiger partial charge in [-0.25, -0.2) is 9.78 Å². The molecule has 1 aromatic heterocycles. The molecule has 1 aliphatic heterocycles. The Balaban J connectivity index is 1.71. The van der Waals surface area contributed by atoms with E-state index in [1.54, 1.807) is 13.2 Å². The minimum absolute atomic E-state index is 0.0236. The average Bonchev–Trinajstić information content (AvgIpc) is 3.12. The summed E-state index contributed by atoms with van der Waals surface area (Å²) in [5.74, 6) is 0.0236. The first kappa shape index (κ1) is 17.2. The number of carbonyl (C=O) groups is 1. The number of anilines is 1. The number of rotatable bonds is 5. The van der Waals surface area contributed by atoms with Crippen LogP contribution < -0.4 is 16.2 Å². The molecule has 1 saturated heterocycles. The number of aromatic nitrogens is 2. The Bertz CT molecular complexity index is 769. The van der Waals surface area contributed by atoms with Gasteiger partial charge >= 0.3 is 6.03 Å². The summed E-state index contributed by atoms with van der Waals surface area (Å²) in [4.78, 5) is 30.7. The van der Waals surface area contributed by atoms with Crippen LogP contribution in [0.25, 0.3) is 0 Å². The number of nitrogens with zero attached hydrogens (tertiary/aromatic N) is 3. The summed E-state index contributed by atoms with van der Waals surface area (Å²) in [5.41, 5.74) is 0.701. The molecule has 1 aliphatic rings. The molecule has 132 valence electrons. The number of amides is 2. The third-order valence-electron chi connectivity index (χ3n) is 4.40. The summed E-state index contributed by atoms with van der Waals surface area (Å²) in [6.45, 7) is 2.85. The van der Waals surface area contributed by atoms with Gasteiger partial charge in [0.1, 0.15) is 0 Å². The summed E-state index contributed by atoms with van der Waals surface area (Å²) in [6.07, 6.45) is 5.41. The van der Waals surface area contributed by atoms with Crippen molar-refractivity contribution in [1.29, 1.82) is 0 Å². The smallest absolute Gasteiger partial charge is 0.321 e. The van der Waals surface area contributed by atoms with Crippen molar-refractivity contribution < 1.29 is 4.79 Å². The molecule has 0 spiro atoms. The molecule has 0 bridgehead atoms. The minimum Gasteiger partial charge on any atom is -0.330 e. The molecular weight excluding hydrogens is 318 g/mol. The molecule has 0 aliphatic carbocycles. The Morgan fingerprint density at radius 2 is 1.96 bits per heavy atom. The van der Waals surface area contributed by atoms with Gasteiger partial charge < -0.3 is 14.8 Å². The van der Waals surface area contributed by atoms with Crippen molar-refractivity contribution in [3.8, 4) is 0 Å². The Kier molecular flexibility index (Phi) is 5.45. The molecule has 0 radical (unpaired) electrons. The van der Waals surface area contributed by atoms with Crippen LogP contribution in [0, 0.1) is 0 Å².